The van der Waals surface area contributed by atoms with E-state index in [-0.39, 0.29) is 18.9 Å². The minimum Gasteiger partial charge on any atom is -0.370 e. The quantitative estimate of drug-likeness (QED) is 0.677. The fraction of sp³-hybridized carbons (Fsp3) is 0.105. The lowest BCUT2D eigenvalue weighted by Gasteiger charge is -2.20. The standard InChI is InChI=1S/C19H16FN3O2S/c20-13-5-7-14(8-6-13)23(12-11-17(21)24)19(25)10-9-18-22-15-3-1-2-4-16(15)26-18/h1-10H,11-12H2,(H2,21,24)/b10-9+. The molecular weight excluding hydrogens is 353 g/mol. The molecule has 26 heavy (non-hydrogen) atoms. The van der Waals surface area contributed by atoms with E-state index in [9.17, 15) is 14.0 Å². The Morgan fingerprint density at radius 1 is 1.15 bits per heavy atom. The summed E-state index contributed by atoms with van der Waals surface area (Å²) in [7, 11) is 0. The van der Waals surface area contributed by atoms with Crippen LogP contribution in [0.2, 0.25) is 0 Å². The Hall–Kier alpha value is -3.06. The van der Waals surface area contributed by atoms with E-state index in [0.29, 0.717) is 10.7 Å². The number of anilines is 1. The Morgan fingerprint density at radius 2 is 1.88 bits per heavy atom. The monoisotopic (exact) mass is 369 g/mol. The molecule has 0 saturated heterocycles. The maximum absolute atomic E-state index is 13.1. The third kappa shape index (κ3) is 4.31. The van der Waals surface area contributed by atoms with Crippen molar-refractivity contribution in [2.24, 2.45) is 5.73 Å². The van der Waals surface area contributed by atoms with Crippen LogP contribution < -0.4 is 10.6 Å². The number of amides is 2. The molecule has 2 amide bonds. The number of thiazole rings is 1. The number of carbonyl (C=O) groups is 2. The molecular formula is C19H16FN3O2S. The van der Waals surface area contributed by atoms with Gasteiger partial charge in [0.15, 0.2) is 0 Å². The van der Waals surface area contributed by atoms with Crippen LogP contribution in [0.1, 0.15) is 11.4 Å². The van der Waals surface area contributed by atoms with Gasteiger partial charge in [-0.15, -0.1) is 11.3 Å². The summed E-state index contributed by atoms with van der Waals surface area (Å²) in [6.07, 6.45) is 3.04. The lowest BCUT2D eigenvalue weighted by Crippen LogP contribution is -2.32. The molecule has 132 valence electrons. The predicted molar refractivity (Wildman–Crippen MR) is 101 cm³/mol. The lowest BCUT2D eigenvalue weighted by atomic mass is 10.2. The van der Waals surface area contributed by atoms with E-state index in [1.807, 2.05) is 24.3 Å². The number of rotatable bonds is 6. The number of fused-ring (bicyclic) bond motifs is 1. The van der Waals surface area contributed by atoms with Gasteiger partial charge in [-0.1, -0.05) is 12.1 Å². The van der Waals surface area contributed by atoms with E-state index in [0.717, 1.165) is 10.2 Å². The number of nitrogens with two attached hydrogens (primary N) is 1. The van der Waals surface area contributed by atoms with Crippen molar-refractivity contribution in [2.75, 3.05) is 11.4 Å². The molecule has 0 fully saturated rings. The van der Waals surface area contributed by atoms with E-state index < -0.39 is 11.7 Å². The van der Waals surface area contributed by atoms with Crippen LogP contribution in [0.4, 0.5) is 10.1 Å². The number of aromatic nitrogens is 1. The molecule has 1 heterocycles. The number of carbonyl (C=O) groups excluding carboxylic acids is 2. The van der Waals surface area contributed by atoms with E-state index in [1.54, 1.807) is 6.08 Å². The zero-order chi connectivity index (χ0) is 18.5. The van der Waals surface area contributed by atoms with Gasteiger partial charge in [-0.3, -0.25) is 9.59 Å². The highest BCUT2D eigenvalue weighted by Crippen LogP contribution is 2.23. The van der Waals surface area contributed by atoms with Gasteiger partial charge in [-0.25, -0.2) is 9.37 Å². The third-order valence-electron chi connectivity index (χ3n) is 3.67. The van der Waals surface area contributed by atoms with Crippen molar-refractivity contribution in [3.63, 3.8) is 0 Å². The van der Waals surface area contributed by atoms with Crippen molar-refractivity contribution >= 4 is 45.1 Å². The lowest BCUT2D eigenvalue weighted by molar-refractivity contribution is -0.118. The highest BCUT2D eigenvalue weighted by atomic mass is 32.1. The molecule has 0 unspecified atom stereocenters. The Morgan fingerprint density at radius 3 is 2.58 bits per heavy atom. The van der Waals surface area contributed by atoms with Crippen molar-refractivity contribution in [2.45, 2.75) is 6.42 Å². The molecule has 3 rings (SSSR count). The number of benzene rings is 2. The van der Waals surface area contributed by atoms with Crippen molar-refractivity contribution < 1.29 is 14.0 Å². The minimum absolute atomic E-state index is 0.0120. The summed E-state index contributed by atoms with van der Waals surface area (Å²) < 4.78 is 14.2. The molecule has 7 heteroatoms. The summed E-state index contributed by atoms with van der Waals surface area (Å²) in [6.45, 7) is 0.115. The van der Waals surface area contributed by atoms with Crippen LogP contribution in [0, 0.1) is 5.82 Å². The molecule has 0 aliphatic heterocycles. The minimum atomic E-state index is -0.514. The number of hydrogen-bond donors (Lipinski definition) is 1. The number of nitrogens with zero attached hydrogens (tertiary/aromatic N) is 2. The Balaban J connectivity index is 1.81. The zero-order valence-electron chi connectivity index (χ0n) is 13.8. The normalized spacial score (nSPS) is 11.1. The summed E-state index contributed by atoms with van der Waals surface area (Å²) in [4.78, 5) is 29.5. The second-order valence-electron chi connectivity index (χ2n) is 5.54. The van der Waals surface area contributed by atoms with Gasteiger partial charge in [0, 0.05) is 24.7 Å². The van der Waals surface area contributed by atoms with E-state index in [2.05, 4.69) is 4.98 Å². The van der Waals surface area contributed by atoms with Gasteiger partial charge < -0.3 is 10.6 Å². The van der Waals surface area contributed by atoms with Crippen molar-refractivity contribution in [3.05, 3.63) is 65.4 Å². The van der Waals surface area contributed by atoms with E-state index in [1.165, 1.54) is 46.6 Å². The summed E-state index contributed by atoms with van der Waals surface area (Å²) in [5, 5.41) is 0.702. The van der Waals surface area contributed by atoms with Crippen LogP contribution >= 0.6 is 11.3 Å². The molecule has 5 nitrogen and oxygen atoms in total. The van der Waals surface area contributed by atoms with Gasteiger partial charge in [-0.05, 0) is 42.5 Å². The molecule has 0 radical (unpaired) electrons. The average Bonchev–Trinajstić information content (AvgIpc) is 3.04. The molecule has 0 atom stereocenters. The van der Waals surface area contributed by atoms with Crippen LogP contribution in [-0.4, -0.2) is 23.3 Å². The number of halogens is 1. The summed E-state index contributed by atoms with van der Waals surface area (Å²) in [6, 6.07) is 13.2. The van der Waals surface area contributed by atoms with Gasteiger partial charge in [0.2, 0.25) is 5.91 Å². The first-order valence-corrected chi connectivity index (χ1v) is 8.73. The van der Waals surface area contributed by atoms with E-state index in [4.69, 9.17) is 5.73 Å². The molecule has 2 N–H and O–H groups in total. The van der Waals surface area contributed by atoms with Crippen LogP contribution in [-0.2, 0) is 9.59 Å². The fourth-order valence-corrected chi connectivity index (χ4v) is 3.27. The van der Waals surface area contributed by atoms with Gasteiger partial charge in [0.05, 0.1) is 10.2 Å². The number of hydrogen-bond acceptors (Lipinski definition) is 4. The smallest absolute Gasteiger partial charge is 0.251 e. The first-order valence-electron chi connectivity index (χ1n) is 7.92. The molecule has 0 aliphatic carbocycles. The summed E-state index contributed by atoms with van der Waals surface area (Å²) in [5.74, 6) is -1.25. The van der Waals surface area contributed by atoms with Crippen molar-refractivity contribution in [3.8, 4) is 0 Å². The topological polar surface area (TPSA) is 76.3 Å². The molecule has 0 saturated carbocycles. The number of para-hydroxylation sites is 1. The molecule has 1 aromatic heterocycles. The zero-order valence-corrected chi connectivity index (χ0v) is 14.6. The van der Waals surface area contributed by atoms with Gasteiger partial charge >= 0.3 is 0 Å². The maximum Gasteiger partial charge on any atom is 0.251 e. The molecule has 2 aromatic carbocycles. The second kappa shape index (κ2) is 7.88. The van der Waals surface area contributed by atoms with Gasteiger partial charge in [0.25, 0.3) is 5.91 Å². The maximum atomic E-state index is 13.1. The SMILES string of the molecule is NC(=O)CCN(C(=O)/C=C/c1nc2ccccc2s1)c1ccc(F)cc1. The molecule has 0 aliphatic rings. The largest absolute Gasteiger partial charge is 0.370 e. The molecule has 0 spiro atoms. The summed E-state index contributed by atoms with van der Waals surface area (Å²) in [5.41, 5.74) is 6.55. The van der Waals surface area contributed by atoms with Crippen LogP contribution in [0.25, 0.3) is 16.3 Å². The first-order chi connectivity index (χ1) is 12.5. The average molecular weight is 369 g/mol. The predicted octanol–water partition coefficient (Wildman–Crippen LogP) is 3.36. The Kier molecular flexibility index (Phi) is 5.38. The van der Waals surface area contributed by atoms with Crippen molar-refractivity contribution in [1.29, 1.82) is 0 Å². The Bertz CT molecular complexity index is 933. The van der Waals surface area contributed by atoms with Crippen LogP contribution in [0.15, 0.2) is 54.6 Å². The third-order valence-corrected chi connectivity index (χ3v) is 4.67. The first kappa shape index (κ1) is 17.8. The van der Waals surface area contributed by atoms with Gasteiger partial charge in [-0.2, -0.15) is 0 Å². The molecule has 0 bridgehead atoms. The Labute approximate surface area is 153 Å². The van der Waals surface area contributed by atoms with Crippen LogP contribution in [0.5, 0.6) is 0 Å². The highest BCUT2D eigenvalue weighted by molar-refractivity contribution is 7.19. The number of primary amides is 1. The van der Waals surface area contributed by atoms with Crippen molar-refractivity contribution in [1.82, 2.24) is 4.98 Å². The van der Waals surface area contributed by atoms with E-state index >= 15 is 0 Å². The van der Waals surface area contributed by atoms with Gasteiger partial charge in [0.1, 0.15) is 10.8 Å². The second-order valence-corrected chi connectivity index (χ2v) is 6.60. The molecule has 3 aromatic rings. The highest BCUT2D eigenvalue weighted by Gasteiger charge is 2.14. The fourth-order valence-electron chi connectivity index (χ4n) is 2.40. The summed E-state index contributed by atoms with van der Waals surface area (Å²) >= 11 is 1.47. The van der Waals surface area contributed by atoms with Crippen LogP contribution in [0.3, 0.4) is 0 Å².